The monoisotopic (exact) mass is 491 g/mol. The summed E-state index contributed by atoms with van der Waals surface area (Å²) in [5, 5.41) is 12.8. The summed E-state index contributed by atoms with van der Waals surface area (Å²) in [6.07, 6.45) is 0.170. The lowest BCUT2D eigenvalue weighted by Gasteiger charge is -2.24. The van der Waals surface area contributed by atoms with Gasteiger partial charge in [0.15, 0.2) is 11.5 Å². The Bertz CT molecular complexity index is 1120. The first-order chi connectivity index (χ1) is 16.5. The molecule has 1 atom stereocenters. The number of aliphatic hydroxyl groups excluding tert-OH is 1. The van der Waals surface area contributed by atoms with Crippen molar-refractivity contribution in [2.24, 2.45) is 0 Å². The van der Waals surface area contributed by atoms with Crippen LogP contribution in [-0.2, 0) is 16.0 Å². The zero-order chi connectivity index (χ0) is 24.5. The van der Waals surface area contributed by atoms with E-state index >= 15 is 0 Å². The second-order valence-corrected chi connectivity index (χ2v) is 8.66. The third-order valence-corrected chi connectivity index (χ3v) is 6.24. The first-order valence-electron chi connectivity index (χ1n) is 11.2. The zero-order valence-corrected chi connectivity index (χ0v) is 20.9. The van der Waals surface area contributed by atoms with Gasteiger partial charge in [-0.25, -0.2) is 4.98 Å². The van der Waals surface area contributed by atoms with Crippen LogP contribution in [0.4, 0.5) is 0 Å². The summed E-state index contributed by atoms with van der Waals surface area (Å²) in [4.78, 5) is 23.4. The number of aromatic nitrogens is 2. The summed E-state index contributed by atoms with van der Waals surface area (Å²) in [6.45, 7) is 4.83. The fourth-order valence-electron chi connectivity index (χ4n) is 3.77. The number of thiophene rings is 1. The van der Waals surface area contributed by atoms with Crippen molar-refractivity contribution >= 4 is 21.6 Å². The highest BCUT2D eigenvalue weighted by molar-refractivity contribution is 7.17. The fraction of sp³-hybridized carbons (Fsp3) is 0.500. The Hall–Kier alpha value is -2.50. The number of rotatable bonds is 14. The summed E-state index contributed by atoms with van der Waals surface area (Å²) in [7, 11) is 4.83. The van der Waals surface area contributed by atoms with Crippen molar-refractivity contribution in [3.8, 4) is 22.6 Å². The Kier molecular flexibility index (Phi) is 9.85. The molecule has 9 nitrogen and oxygen atoms in total. The normalized spacial score (nSPS) is 12.4. The fourth-order valence-corrected chi connectivity index (χ4v) is 4.74. The van der Waals surface area contributed by atoms with E-state index < -0.39 is 6.10 Å². The van der Waals surface area contributed by atoms with Gasteiger partial charge in [0.1, 0.15) is 10.7 Å². The molecule has 10 heteroatoms. The molecule has 2 heterocycles. The number of aliphatic hydroxyl groups is 1. The summed E-state index contributed by atoms with van der Waals surface area (Å²) < 4.78 is 21.2. The van der Waals surface area contributed by atoms with Gasteiger partial charge in [-0.1, -0.05) is 6.07 Å². The van der Waals surface area contributed by atoms with Crippen molar-refractivity contribution in [3.05, 3.63) is 39.8 Å². The summed E-state index contributed by atoms with van der Waals surface area (Å²) in [6, 6.07) is 5.57. The number of hydrogen-bond donors (Lipinski definition) is 2. The highest BCUT2D eigenvalue weighted by atomic mass is 32.1. The van der Waals surface area contributed by atoms with Gasteiger partial charge in [0.05, 0.1) is 38.9 Å². The number of methoxy groups -OCH3 is 3. The molecular formula is C24H33N3O6S. The molecular weight excluding hydrogens is 458 g/mol. The Morgan fingerprint density at radius 1 is 1.21 bits per heavy atom. The molecule has 1 unspecified atom stereocenters. The molecule has 0 amide bonds. The molecule has 3 aromatic rings. The maximum atomic E-state index is 13.1. The van der Waals surface area contributed by atoms with E-state index in [9.17, 15) is 9.90 Å². The first-order valence-corrected chi connectivity index (χ1v) is 12.1. The number of ether oxygens (including phenoxy) is 4. The number of H-pyrrole nitrogens is 1. The molecule has 186 valence electrons. The third-order valence-electron chi connectivity index (χ3n) is 5.37. The van der Waals surface area contributed by atoms with Crippen molar-refractivity contribution < 1.29 is 24.1 Å². The second-order valence-electron chi connectivity index (χ2n) is 7.81. The lowest BCUT2D eigenvalue weighted by atomic mass is 10.1. The molecule has 2 N–H and O–H groups in total. The third kappa shape index (κ3) is 6.55. The SMILES string of the molecule is CCOCC(O)CN(CCCOC)Cc1nc2scc(-c3ccc(OC)c(OC)c3)c2c(=O)[nH]1. The molecule has 0 aliphatic heterocycles. The van der Waals surface area contributed by atoms with Crippen molar-refractivity contribution in [2.45, 2.75) is 26.0 Å². The van der Waals surface area contributed by atoms with Crippen LogP contribution in [0.2, 0.25) is 0 Å². The van der Waals surface area contributed by atoms with E-state index in [4.69, 9.17) is 23.9 Å². The Balaban J connectivity index is 1.86. The minimum atomic E-state index is -0.628. The summed E-state index contributed by atoms with van der Waals surface area (Å²) in [5.74, 6) is 1.78. The van der Waals surface area contributed by atoms with Gasteiger partial charge < -0.3 is 29.0 Å². The standard InChI is InChI=1S/C24H33N3O6S/c1-5-33-14-17(28)12-27(9-6-10-30-2)13-21-25-23(29)22-18(15-34-24(22)26-21)16-7-8-19(31-3)20(11-16)32-4/h7-8,11,15,17,28H,5-6,9-10,12-14H2,1-4H3,(H,25,26,29). The van der Waals surface area contributed by atoms with Gasteiger partial charge >= 0.3 is 0 Å². The molecule has 0 radical (unpaired) electrons. The quantitative estimate of drug-likeness (QED) is 0.332. The average Bonchev–Trinajstić information content (AvgIpc) is 3.27. The minimum Gasteiger partial charge on any atom is -0.493 e. The molecule has 0 spiro atoms. The van der Waals surface area contributed by atoms with Gasteiger partial charge in [-0.2, -0.15) is 0 Å². The molecule has 34 heavy (non-hydrogen) atoms. The smallest absolute Gasteiger partial charge is 0.260 e. The molecule has 0 bridgehead atoms. The van der Waals surface area contributed by atoms with Gasteiger partial charge in [-0.3, -0.25) is 9.69 Å². The topological polar surface area (TPSA) is 106 Å². The minimum absolute atomic E-state index is 0.197. The van der Waals surface area contributed by atoms with Crippen molar-refractivity contribution in [2.75, 3.05) is 54.2 Å². The predicted molar refractivity (Wildman–Crippen MR) is 133 cm³/mol. The Morgan fingerprint density at radius 2 is 2.00 bits per heavy atom. The number of hydrogen-bond acceptors (Lipinski definition) is 9. The van der Waals surface area contributed by atoms with Gasteiger partial charge in [0.2, 0.25) is 0 Å². The molecule has 0 saturated carbocycles. The van der Waals surface area contributed by atoms with Gasteiger partial charge in [0.25, 0.3) is 5.56 Å². The molecule has 0 aliphatic carbocycles. The number of benzene rings is 1. The van der Waals surface area contributed by atoms with Crippen molar-refractivity contribution in [1.82, 2.24) is 14.9 Å². The molecule has 3 rings (SSSR count). The lowest BCUT2D eigenvalue weighted by molar-refractivity contribution is 0.0177. The van der Waals surface area contributed by atoms with E-state index in [0.717, 1.165) is 17.5 Å². The molecule has 0 fully saturated rings. The number of nitrogens with one attached hydrogen (secondary N) is 1. The van der Waals surface area contributed by atoms with E-state index in [1.165, 1.54) is 11.3 Å². The number of aromatic amines is 1. The van der Waals surface area contributed by atoms with Crippen LogP contribution in [0.1, 0.15) is 19.2 Å². The highest BCUT2D eigenvalue weighted by Gasteiger charge is 2.18. The van der Waals surface area contributed by atoms with Crippen LogP contribution < -0.4 is 15.0 Å². The van der Waals surface area contributed by atoms with E-state index in [2.05, 4.69) is 9.88 Å². The second kappa shape index (κ2) is 12.8. The average molecular weight is 492 g/mol. The number of nitrogens with zero attached hydrogens (tertiary/aromatic N) is 2. The van der Waals surface area contributed by atoms with Crippen LogP contribution in [0.5, 0.6) is 11.5 Å². The zero-order valence-electron chi connectivity index (χ0n) is 20.1. The van der Waals surface area contributed by atoms with Crippen molar-refractivity contribution in [1.29, 1.82) is 0 Å². The van der Waals surface area contributed by atoms with E-state index in [-0.39, 0.29) is 12.2 Å². The Morgan fingerprint density at radius 3 is 2.71 bits per heavy atom. The van der Waals surface area contributed by atoms with Crippen LogP contribution in [0.3, 0.4) is 0 Å². The Labute approximate surface area is 203 Å². The van der Waals surface area contributed by atoms with Gasteiger partial charge in [-0.05, 0) is 31.0 Å². The van der Waals surface area contributed by atoms with E-state index in [0.29, 0.717) is 60.4 Å². The molecule has 0 aliphatic rings. The predicted octanol–water partition coefficient (Wildman–Crippen LogP) is 2.90. The molecule has 0 saturated heterocycles. The largest absolute Gasteiger partial charge is 0.493 e. The summed E-state index contributed by atoms with van der Waals surface area (Å²) >= 11 is 1.42. The first kappa shape index (κ1) is 26.1. The maximum absolute atomic E-state index is 13.1. The maximum Gasteiger partial charge on any atom is 0.260 e. The van der Waals surface area contributed by atoms with E-state index in [1.807, 2.05) is 30.5 Å². The number of fused-ring (bicyclic) bond motifs is 1. The van der Waals surface area contributed by atoms with Crippen LogP contribution in [0.15, 0.2) is 28.4 Å². The molecule has 1 aromatic carbocycles. The van der Waals surface area contributed by atoms with Gasteiger partial charge in [-0.15, -0.1) is 11.3 Å². The highest BCUT2D eigenvalue weighted by Crippen LogP contribution is 2.36. The van der Waals surface area contributed by atoms with Crippen LogP contribution >= 0.6 is 11.3 Å². The van der Waals surface area contributed by atoms with E-state index in [1.54, 1.807) is 21.3 Å². The van der Waals surface area contributed by atoms with Crippen LogP contribution in [0, 0.1) is 0 Å². The van der Waals surface area contributed by atoms with Crippen LogP contribution in [-0.4, -0.2) is 80.3 Å². The van der Waals surface area contributed by atoms with Crippen molar-refractivity contribution in [3.63, 3.8) is 0 Å². The lowest BCUT2D eigenvalue weighted by Crippen LogP contribution is -2.36. The van der Waals surface area contributed by atoms with Gasteiger partial charge in [0, 0.05) is 44.4 Å². The summed E-state index contributed by atoms with van der Waals surface area (Å²) in [5.41, 5.74) is 1.45. The molecule has 2 aromatic heterocycles. The van der Waals surface area contributed by atoms with Crippen LogP contribution in [0.25, 0.3) is 21.3 Å².